The van der Waals surface area contributed by atoms with Crippen molar-refractivity contribution in [2.24, 2.45) is 0 Å². The van der Waals surface area contributed by atoms with Gasteiger partial charge in [-0.05, 0) is 42.2 Å². The number of hydrogen-bond acceptors (Lipinski definition) is 3. The van der Waals surface area contributed by atoms with Crippen molar-refractivity contribution < 1.29 is 14.3 Å². The lowest BCUT2D eigenvalue weighted by molar-refractivity contribution is -0.116. The average molecular weight is 335 g/mol. The molecule has 1 amide bonds. The van der Waals surface area contributed by atoms with Gasteiger partial charge in [0.25, 0.3) is 0 Å². The van der Waals surface area contributed by atoms with Crippen molar-refractivity contribution in [3.05, 3.63) is 65.7 Å². The minimum atomic E-state index is -0.0721. The van der Waals surface area contributed by atoms with Gasteiger partial charge < -0.3 is 14.8 Å². The van der Waals surface area contributed by atoms with Gasteiger partial charge in [-0.2, -0.15) is 0 Å². The number of hydrogen-bond donors (Lipinski definition) is 1. The molecule has 1 fully saturated rings. The molecule has 2 aromatic rings. The van der Waals surface area contributed by atoms with Crippen LogP contribution in [-0.4, -0.2) is 25.7 Å². The van der Waals surface area contributed by atoms with Crippen LogP contribution >= 0.6 is 0 Å². The molecule has 1 aliphatic carbocycles. The van der Waals surface area contributed by atoms with E-state index in [-0.39, 0.29) is 11.3 Å². The molecule has 25 heavy (non-hydrogen) atoms. The zero-order valence-electron chi connectivity index (χ0n) is 14.0. The van der Waals surface area contributed by atoms with Gasteiger partial charge in [0.1, 0.15) is 13.2 Å². The van der Waals surface area contributed by atoms with Crippen molar-refractivity contribution in [1.29, 1.82) is 0 Å². The van der Waals surface area contributed by atoms with Crippen molar-refractivity contribution in [1.82, 2.24) is 5.32 Å². The molecular weight excluding hydrogens is 314 g/mol. The number of carbonyl (C=O) groups excluding carboxylic acids is 1. The monoisotopic (exact) mass is 335 g/mol. The van der Waals surface area contributed by atoms with Crippen molar-refractivity contribution in [2.75, 3.05) is 19.8 Å². The van der Waals surface area contributed by atoms with E-state index in [1.54, 1.807) is 12.2 Å². The first-order valence-electron chi connectivity index (χ1n) is 8.66. The molecule has 4 heteroatoms. The number of nitrogens with one attached hydrogen (secondary N) is 1. The summed E-state index contributed by atoms with van der Waals surface area (Å²) in [5, 5.41) is 3.03. The van der Waals surface area contributed by atoms with Gasteiger partial charge in [0.2, 0.25) is 5.91 Å². The summed E-state index contributed by atoms with van der Waals surface area (Å²) >= 11 is 0. The molecule has 0 saturated heterocycles. The number of benzene rings is 2. The van der Waals surface area contributed by atoms with Crippen LogP contribution in [0.2, 0.25) is 0 Å². The number of rotatable bonds is 5. The van der Waals surface area contributed by atoms with Crippen LogP contribution in [0.15, 0.2) is 54.6 Å². The van der Waals surface area contributed by atoms with E-state index in [9.17, 15) is 4.79 Å². The first-order chi connectivity index (χ1) is 12.3. The Kier molecular flexibility index (Phi) is 4.18. The maximum absolute atomic E-state index is 12.2. The largest absolute Gasteiger partial charge is 0.486 e. The lowest BCUT2D eigenvalue weighted by atomic mass is 9.96. The van der Waals surface area contributed by atoms with E-state index in [1.165, 1.54) is 5.56 Å². The van der Waals surface area contributed by atoms with Gasteiger partial charge in [-0.1, -0.05) is 36.4 Å². The highest BCUT2D eigenvalue weighted by Crippen LogP contribution is 2.47. The van der Waals surface area contributed by atoms with Crippen LogP contribution in [0.3, 0.4) is 0 Å². The highest BCUT2D eigenvalue weighted by molar-refractivity contribution is 5.91. The summed E-state index contributed by atoms with van der Waals surface area (Å²) in [5.74, 6) is 1.42. The summed E-state index contributed by atoms with van der Waals surface area (Å²) in [4.78, 5) is 12.2. The van der Waals surface area contributed by atoms with E-state index in [1.807, 2.05) is 24.3 Å². The average Bonchev–Trinajstić information content (AvgIpc) is 3.46. The van der Waals surface area contributed by atoms with Crippen LogP contribution in [0.5, 0.6) is 11.5 Å². The first-order valence-corrected chi connectivity index (χ1v) is 8.66. The summed E-state index contributed by atoms with van der Waals surface area (Å²) in [6, 6.07) is 16.1. The summed E-state index contributed by atoms with van der Waals surface area (Å²) in [6.45, 7) is 1.82. The zero-order chi connectivity index (χ0) is 17.1. The Morgan fingerprint density at radius 1 is 1.04 bits per heavy atom. The minimum Gasteiger partial charge on any atom is -0.486 e. The quantitative estimate of drug-likeness (QED) is 0.853. The van der Waals surface area contributed by atoms with Crippen molar-refractivity contribution >= 4 is 12.0 Å². The van der Waals surface area contributed by atoms with Crippen molar-refractivity contribution in [3.63, 3.8) is 0 Å². The lowest BCUT2D eigenvalue weighted by Gasteiger charge is -2.18. The molecule has 0 radical (unpaired) electrons. The molecule has 1 aliphatic heterocycles. The SMILES string of the molecule is O=C(C=Cc1ccc2c(c1)OCCO2)NCC1(c2ccccc2)CC1. The van der Waals surface area contributed by atoms with Gasteiger partial charge in [0.15, 0.2) is 11.5 Å². The fraction of sp³-hybridized carbons (Fsp3) is 0.286. The lowest BCUT2D eigenvalue weighted by Crippen LogP contribution is -2.30. The Bertz CT molecular complexity index is 794. The minimum absolute atomic E-state index is 0.0721. The zero-order valence-corrected chi connectivity index (χ0v) is 14.0. The molecule has 4 rings (SSSR count). The molecule has 128 valence electrons. The van der Waals surface area contributed by atoms with Crippen molar-refractivity contribution in [2.45, 2.75) is 18.3 Å². The highest BCUT2D eigenvalue weighted by Gasteiger charge is 2.44. The third-order valence-electron chi connectivity index (χ3n) is 4.83. The predicted molar refractivity (Wildman–Crippen MR) is 96.8 cm³/mol. The van der Waals surface area contributed by atoms with Crippen LogP contribution < -0.4 is 14.8 Å². The van der Waals surface area contributed by atoms with Gasteiger partial charge in [-0.25, -0.2) is 0 Å². The Balaban J connectivity index is 1.35. The maximum atomic E-state index is 12.2. The molecule has 1 heterocycles. The fourth-order valence-electron chi connectivity index (χ4n) is 3.16. The van der Waals surface area contributed by atoms with Crippen LogP contribution in [-0.2, 0) is 10.2 Å². The van der Waals surface area contributed by atoms with Gasteiger partial charge in [-0.3, -0.25) is 4.79 Å². The van der Waals surface area contributed by atoms with E-state index in [0.29, 0.717) is 19.8 Å². The van der Waals surface area contributed by atoms with Crippen LogP contribution in [0, 0.1) is 0 Å². The molecule has 0 aromatic heterocycles. The van der Waals surface area contributed by atoms with Gasteiger partial charge in [0, 0.05) is 18.0 Å². The molecule has 0 unspecified atom stereocenters. The van der Waals surface area contributed by atoms with E-state index in [4.69, 9.17) is 9.47 Å². The van der Waals surface area contributed by atoms with E-state index < -0.39 is 0 Å². The molecule has 0 bridgehead atoms. The number of amides is 1. The summed E-state index contributed by atoms with van der Waals surface area (Å²) in [7, 11) is 0. The molecule has 0 spiro atoms. The second-order valence-corrected chi connectivity index (χ2v) is 6.60. The smallest absolute Gasteiger partial charge is 0.244 e. The summed E-state index contributed by atoms with van der Waals surface area (Å²) in [6.07, 6.45) is 5.63. The second-order valence-electron chi connectivity index (χ2n) is 6.60. The van der Waals surface area contributed by atoms with Gasteiger partial charge in [0.05, 0.1) is 0 Å². The van der Waals surface area contributed by atoms with Crippen molar-refractivity contribution in [3.8, 4) is 11.5 Å². The summed E-state index contributed by atoms with van der Waals surface area (Å²) in [5.41, 5.74) is 2.36. The molecule has 1 N–H and O–H groups in total. The Morgan fingerprint density at radius 3 is 2.56 bits per heavy atom. The molecular formula is C21H21NO3. The second kappa shape index (κ2) is 6.63. The fourth-order valence-corrected chi connectivity index (χ4v) is 3.16. The van der Waals surface area contributed by atoms with E-state index in [0.717, 1.165) is 29.9 Å². The molecule has 2 aromatic carbocycles. The predicted octanol–water partition coefficient (Wildman–Crippen LogP) is 3.32. The third kappa shape index (κ3) is 3.53. The number of fused-ring (bicyclic) bond motifs is 1. The molecule has 0 atom stereocenters. The van der Waals surface area contributed by atoms with Crippen LogP contribution in [0.25, 0.3) is 6.08 Å². The Morgan fingerprint density at radius 2 is 1.80 bits per heavy atom. The standard InChI is InChI=1S/C21H21NO3/c23-20(22-15-21(10-11-21)17-4-2-1-3-5-17)9-7-16-6-8-18-19(14-16)25-13-12-24-18/h1-9,14H,10-13,15H2,(H,22,23). The number of ether oxygens (including phenoxy) is 2. The number of carbonyl (C=O) groups is 1. The van der Waals surface area contributed by atoms with Gasteiger partial charge >= 0.3 is 0 Å². The summed E-state index contributed by atoms with van der Waals surface area (Å²) < 4.78 is 11.1. The molecule has 4 nitrogen and oxygen atoms in total. The third-order valence-corrected chi connectivity index (χ3v) is 4.83. The van der Waals surface area contributed by atoms with Gasteiger partial charge in [-0.15, -0.1) is 0 Å². The van der Waals surface area contributed by atoms with E-state index in [2.05, 4.69) is 29.6 Å². The Labute approximate surface area is 147 Å². The van der Waals surface area contributed by atoms with Crippen LogP contribution in [0.1, 0.15) is 24.0 Å². The topological polar surface area (TPSA) is 47.6 Å². The van der Waals surface area contributed by atoms with E-state index >= 15 is 0 Å². The molecule has 1 saturated carbocycles. The Hall–Kier alpha value is -2.75. The normalized spacial score (nSPS) is 17.3. The van der Waals surface area contributed by atoms with Crippen LogP contribution in [0.4, 0.5) is 0 Å². The highest BCUT2D eigenvalue weighted by atomic mass is 16.6. The maximum Gasteiger partial charge on any atom is 0.244 e. The molecule has 2 aliphatic rings. The first kappa shape index (κ1) is 15.8.